The Balaban J connectivity index is 1.94. The van der Waals surface area contributed by atoms with Gasteiger partial charge in [-0.25, -0.2) is 0 Å². The second-order valence-electron chi connectivity index (χ2n) is 6.44. The Morgan fingerprint density at radius 1 is 1.24 bits per heavy atom. The zero-order valence-corrected chi connectivity index (χ0v) is 14.7. The van der Waals surface area contributed by atoms with Crippen LogP contribution < -0.4 is 5.32 Å². The zero-order valence-electron chi connectivity index (χ0n) is 13.9. The molecular weight excluding hydrogens is 274 g/mol. The summed E-state index contributed by atoms with van der Waals surface area (Å²) >= 11 is 2.04. The molecule has 21 heavy (non-hydrogen) atoms. The number of hydrogen-bond donors (Lipinski definition) is 1. The first-order valence-electron chi connectivity index (χ1n) is 8.66. The molecule has 1 N–H and O–H groups in total. The summed E-state index contributed by atoms with van der Waals surface area (Å²) in [6.07, 6.45) is 7.10. The Bertz CT molecular complexity index is 418. The lowest BCUT2D eigenvalue weighted by atomic mass is 9.77. The molecule has 0 amide bonds. The number of aryl methyl sites for hydroxylation is 1. The lowest BCUT2D eigenvalue weighted by molar-refractivity contribution is 0.220. The molecule has 0 bridgehead atoms. The van der Waals surface area contributed by atoms with Gasteiger partial charge in [-0.15, -0.1) is 11.8 Å². The zero-order chi connectivity index (χ0) is 15.1. The molecule has 1 aromatic carbocycles. The third kappa shape index (κ3) is 5.03. The fourth-order valence-corrected chi connectivity index (χ4v) is 4.81. The van der Waals surface area contributed by atoms with Gasteiger partial charge < -0.3 is 5.32 Å². The van der Waals surface area contributed by atoms with E-state index in [-0.39, 0.29) is 0 Å². The first kappa shape index (κ1) is 16.9. The summed E-state index contributed by atoms with van der Waals surface area (Å²) in [5, 5.41) is 3.77. The molecule has 0 radical (unpaired) electrons. The average Bonchev–Trinajstić information content (AvgIpc) is 2.53. The maximum atomic E-state index is 3.77. The van der Waals surface area contributed by atoms with Crippen LogP contribution in [0.4, 0.5) is 0 Å². The van der Waals surface area contributed by atoms with Crippen LogP contribution in [0, 0.1) is 18.8 Å². The molecule has 0 aromatic heterocycles. The predicted molar refractivity (Wildman–Crippen MR) is 95.1 cm³/mol. The molecule has 1 saturated carbocycles. The Hall–Kier alpha value is -0.470. The van der Waals surface area contributed by atoms with Crippen LogP contribution in [0.15, 0.2) is 29.2 Å². The summed E-state index contributed by atoms with van der Waals surface area (Å²) in [5.41, 5.74) is 1.41. The molecule has 1 aliphatic rings. The molecule has 0 heterocycles. The quantitative estimate of drug-likeness (QED) is 0.688. The molecule has 2 heteroatoms. The summed E-state index contributed by atoms with van der Waals surface area (Å²) in [6, 6.07) is 9.45. The van der Waals surface area contributed by atoms with Gasteiger partial charge in [-0.2, -0.15) is 0 Å². The largest absolute Gasteiger partial charge is 0.313 e. The summed E-state index contributed by atoms with van der Waals surface area (Å²) in [5.74, 6) is 3.05. The topological polar surface area (TPSA) is 12.0 Å². The number of nitrogens with one attached hydrogen (secondary N) is 1. The molecule has 0 saturated heterocycles. The average molecular weight is 306 g/mol. The van der Waals surface area contributed by atoms with Crippen molar-refractivity contribution in [3.63, 3.8) is 0 Å². The van der Waals surface area contributed by atoms with E-state index in [1.54, 1.807) is 0 Å². The van der Waals surface area contributed by atoms with Gasteiger partial charge in [0.1, 0.15) is 0 Å². The second-order valence-corrected chi connectivity index (χ2v) is 7.50. The van der Waals surface area contributed by atoms with E-state index >= 15 is 0 Å². The highest BCUT2D eigenvalue weighted by molar-refractivity contribution is 7.99. The van der Waals surface area contributed by atoms with E-state index in [4.69, 9.17) is 0 Å². The van der Waals surface area contributed by atoms with E-state index in [0.29, 0.717) is 6.04 Å². The minimum atomic E-state index is 0.675. The van der Waals surface area contributed by atoms with Crippen molar-refractivity contribution >= 4 is 11.8 Å². The van der Waals surface area contributed by atoms with Crippen molar-refractivity contribution in [3.8, 4) is 0 Å². The molecule has 1 aliphatic carbocycles. The van der Waals surface area contributed by atoms with Crippen LogP contribution in [0.5, 0.6) is 0 Å². The molecule has 3 atom stereocenters. The van der Waals surface area contributed by atoms with Gasteiger partial charge in [0, 0.05) is 16.7 Å². The Labute approximate surface area is 135 Å². The second kappa shape index (κ2) is 8.85. The predicted octanol–water partition coefficient (Wildman–Crippen LogP) is 5.28. The van der Waals surface area contributed by atoms with E-state index in [0.717, 1.165) is 18.4 Å². The number of benzene rings is 1. The van der Waals surface area contributed by atoms with Crippen LogP contribution in [0.3, 0.4) is 0 Å². The molecule has 0 aliphatic heterocycles. The van der Waals surface area contributed by atoms with Crippen molar-refractivity contribution in [2.45, 2.75) is 63.8 Å². The highest BCUT2D eigenvalue weighted by Crippen LogP contribution is 2.35. The van der Waals surface area contributed by atoms with Gasteiger partial charge in [-0.05, 0) is 49.8 Å². The fraction of sp³-hybridized carbons (Fsp3) is 0.684. The minimum absolute atomic E-state index is 0.675. The van der Waals surface area contributed by atoms with Gasteiger partial charge in [-0.1, -0.05) is 51.3 Å². The van der Waals surface area contributed by atoms with Gasteiger partial charge in [0.15, 0.2) is 0 Å². The van der Waals surface area contributed by atoms with Gasteiger partial charge >= 0.3 is 0 Å². The van der Waals surface area contributed by atoms with Crippen molar-refractivity contribution in [1.29, 1.82) is 0 Å². The monoisotopic (exact) mass is 305 g/mol. The van der Waals surface area contributed by atoms with Gasteiger partial charge in [0.2, 0.25) is 0 Å². The Kier molecular flexibility index (Phi) is 7.12. The molecule has 2 rings (SSSR count). The first-order chi connectivity index (χ1) is 10.2. The van der Waals surface area contributed by atoms with Gasteiger partial charge in [-0.3, -0.25) is 0 Å². The maximum Gasteiger partial charge on any atom is 0.0189 e. The molecular formula is C19H31NS. The van der Waals surface area contributed by atoms with E-state index in [9.17, 15) is 0 Å². The third-order valence-electron chi connectivity index (χ3n) is 4.95. The number of rotatable bonds is 7. The smallest absolute Gasteiger partial charge is 0.0189 e. The van der Waals surface area contributed by atoms with Crippen LogP contribution in [0.2, 0.25) is 0 Å². The summed E-state index contributed by atoms with van der Waals surface area (Å²) in [6.45, 7) is 7.91. The highest BCUT2D eigenvalue weighted by atomic mass is 32.2. The van der Waals surface area contributed by atoms with E-state index in [2.05, 4.69) is 50.4 Å². The van der Waals surface area contributed by atoms with E-state index in [1.165, 1.54) is 48.3 Å². The summed E-state index contributed by atoms with van der Waals surface area (Å²) in [7, 11) is 0. The normalized spacial score (nSPS) is 24.0. The van der Waals surface area contributed by atoms with Crippen molar-refractivity contribution < 1.29 is 0 Å². The molecule has 118 valence electrons. The van der Waals surface area contributed by atoms with Crippen molar-refractivity contribution in [2.24, 2.45) is 11.8 Å². The van der Waals surface area contributed by atoms with E-state index < -0.39 is 0 Å². The van der Waals surface area contributed by atoms with Gasteiger partial charge in [0.25, 0.3) is 0 Å². The van der Waals surface area contributed by atoms with Crippen LogP contribution in [0.1, 0.15) is 51.5 Å². The number of thioether (sulfide) groups is 1. The minimum Gasteiger partial charge on any atom is -0.313 e. The lowest BCUT2D eigenvalue weighted by Crippen LogP contribution is -2.40. The first-order valence-corrected chi connectivity index (χ1v) is 9.65. The fourth-order valence-electron chi connectivity index (χ4n) is 3.59. The molecule has 3 unspecified atom stereocenters. The van der Waals surface area contributed by atoms with Crippen molar-refractivity contribution in [2.75, 3.05) is 12.3 Å². The molecule has 0 spiro atoms. The summed E-state index contributed by atoms with van der Waals surface area (Å²) < 4.78 is 0. The van der Waals surface area contributed by atoms with Crippen LogP contribution in [-0.4, -0.2) is 18.3 Å². The summed E-state index contributed by atoms with van der Waals surface area (Å²) in [4.78, 5) is 1.45. The highest BCUT2D eigenvalue weighted by Gasteiger charge is 2.27. The Morgan fingerprint density at radius 2 is 2.05 bits per heavy atom. The number of hydrogen-bond acceptors (Lipinski definition) is 2. The van der Waals surface area contributed by atoms with Crippen LogP contribution in [0.25, 0.3) is 0 Å². The SMILES string of the molecule is CCNC(CSc1ccccc1C)C1CCCC(CC)C1. The molecule has 1 fully saturated rings. The van der Waals surface area contributed by atoms with Crippen LogP contribution >= 0.6 is 11.8 Å². The third-order valence-corrected chi connectivity index (χ3v) is 6.24. The van der Waals surface area contributed by atoms with Crippen molar-refractivity contribution in [1.82, 2.24) is 5.32 Å². The molecule has 1 nitrogen and oxygen atoms in total. The van der Waals surface area contributed by atoms with Crippen molar-refractivity contribution in [3.05, 3.63) is 29.8 Å². The van der Waals surface area contributed by atoms with Crippen LogP contribution in [-0.2, 0) is 0 Å². The standard InChI is InChI=1S/C19H31NS/c1-4-16-10-8-11-17(13-16)18(20-5-2)14-21-19-12-7-6-9-15(19)3/h6-7,9,12,16-18,20H,4-5,8,10-11,13-14H2,1-3H3. The molecule has 1 aromatic rings. The Morgan fingerprint density at radius 3 is 2.76 bits per heavy atom. The van der Waals surface area contributed by atoms with E-state index in [1.807, 2.05) is 11.8 Å². The lowest BCUT2D eigenvalue weighted by Gasteiger charge is -2.34. The maximum absolute atomic E-state index is 3.77. The van der Waals surface area contributed by atoms with Gasteiger partial charge in [0.05, 0.1) is 0 Å².